The average Bonchev–Trinajstić information content (AvgIpc) is 2.75. The van der Waals surface area contributed by atoms with Crippen molar-refractivity contribution in [3.8, 4) is 0 Å². The van der Waals surface area contributed by atoms with Gasteiger partial charge in [-0.05, 0) is 31.6 Å². The molecule has 2 atom stereocenters. The third-order valence-electron chi connectivity index (χ3n) is 4.61. The summed E-state index contributed by atoms with van der Waals surface area (Å²) in [5.74, 6) is 3.72. The molecular formula is C14H24N2OS2. The fourth-order valence-corrected chi connectivity index (χ4v) is 6.09. The van der Waals surface area contributed by atoms with Crippen LogP contribution in [0, 0.1) is 5.92 Å². The number of hydrogen-bond donors (Lipinski definition) is 1. The predicted octanol–water partition coefficient (Wildman–Crippen LogP) is 2.54. The minimum atomic E-state index is -0.576. The molecule has 3 nitrogen and oxygen atoms in total. The molecule has 0 aromatic carbocycles. The van der Waals surface area contributed by atoms with E-state index in [1.165, 1.54) is 31.4 Å². The van der Waals surface area contributed by atoms with Crippen LogP contribution in [-0.2, 0) is 10.8 Å². The van der Waals surface area contributed by atoms with Crippen molar-refractivity contribution >= 4 is 27.7 Å². The number of nitrogens with one attached hydrogen (secondary N) is 1. The molecule has 3 aliphatic rings. The molecule has 0 bridgehead atoms. The third-order valence-corrected chi connectivity index (χ3v) is 7.17. The molecule has 2 unspecified atom stereocenters. The summed E-state index contributed by atoms with van der Waals surface area (Å²) >= 11 is 1.91. The van der Waals surface area contributed by atoms with E-state index in [0.717, 1.165) is 35.4 Å². The first-order chi connectivity index (χ1) is 9.15. The van der Waals surface area contributed by atoms with Crippen LogP contribution in [0.2, 0.25) is 0 Å². The van der Waals surface area contributed by atoms with E-state index in [4.69, 9.17) is 4.99 Å². The Kier molecular flexibility index (Phi) is 4.22. The molecule has 0 aromatic rings. The number of aliphatic imine (C=N–C) groups is 1. The molecule has 2 heterocycles. The first kappa shape index (κ1) is 13.9. The lowest BCUT2D eigenvalue weighted by atomic mass is 9.78. The van der Waals surface area contributed by atoms with Gasteiger partial charge in [0.2, 0.25) is 0 Å². The van der Waals surface area contributed by atoms with Crippen LogP contribution >= 0.6 is 11.8 Å². The number of hydrogen-bond acceptors (Lipinski definition) is 3. The fourth-order valence-electron chi connectivity index (χ4n) is 3.56. The molecule has 2 aliphatic heterocycles. The lowest BCUT2D eigenvalue weighted by Crippen LogP contribution is -2.47. The van der Waals surface area contributed by atoms with Gasteiger partial charge in [-0.3, -0.25) is 9.20 Å². The van der Waals surface area contributed by atoms with Crippen molar-refractivity contribution in [2.45, 2.75) is 57.0 Å². The van der Waals surface area contributed by atoms with Crippen LogP contribution in [0.3, 0.4) is 0 Å². The Bertz CT molecular complexity index is 389. The maximum Gasteiger partial charge on any atom is 0.157 e. The summed E-state index contributed by atoms with van der Waals surface area (Å²) in [6.07, 6.45) is 7.34. The molecule has 1 aliphatic carbocycles. The molecule has 2 saturated heterocycles. The summed E-state index contributed by atoms with van der Waals surface area (Å²) in [5.41, 5.74) is 0.332. The Morgan fingerprint density at radius 1 is 1.37 bits per heavy atom. The van der Waals surface area contributed by atoms with E-state index >= 15 is 0 Å². The van der Waals surface area contributed by atoms with E-state index in [-0.39, 0.29) is 0 Å². The topological polar surface area (TPSA) is 41.5 Å². The van der Waals surface area contributed by atoms with Crippen LogP contribution in [0.1, 0.15) is 45.4 Å². The molecule has 108 valence electrons. The lowest BCUT2D eigenvalue weighted by Gasteiger charge is -2.36. The van der Waals surface area contributed by atoms with E-state index in [0.29, 0.717) is 11.6 Å². The molecule has 5 heteroatoms. The van der Waals surface area contributed by atoms with E-state index in [2.05, 4.69) is 12.2 Å². The highest BCUT2D eigenvalue weighted by atomic mass is 32.2. The third kappa shape index (κ3) is 3.35. The van der Waals surface area contributed by atoms with Gasteiger partial charge in [0.15, 0.2) is 5.17 Å². The van der Waals surface area contributed by atoms with Crippen molar-refractivity contribution in [2.75, 3.05) is 17.3 Å². The minimum Gasteiger partial charge on any atom is -0.359 e. The maximum atomic E-state index is 11.4. The molecule has 0 amide bonds. The van der Waals surface area contributed by atoms with Crippen molar-refractivity contribution in [1.29, 1.82) is 0 Å². The second kappa shape index (κ2) is 5.76. The molecule has 1 spiro atoms. The average molecular weight is 300 g/mol. The van der Waals surface area contributed by atoms with Crippen LogP contribution in [-0.4, -0.2) is 38.2 Å². The highest BCUT2D eigenvalue weighted by Crippen LogP contribution is 2.39. The standard InChI is InChI=1S/C14H24N2OS2/c1-11-3-2-6-14(9-11)10-18-13(16-14)15-12-4-7-19(17)8-5-12/h11-12H,2-10H2,1H3,(H,15,16). The van der Waals surface area contributed by atoms with Crippen molar-refractivity contribution in [2.24, 2.45) is 10.9 Å². The predicted molar refractivity (Wildman–Crippen MR) is 84.3 cm³/mol. The van der Waals surface area contributed by atoms with Gasteiger partial charge in [0.25, 0.3) is 0 Å². The molecule has 0 radical (unpaired) electrons. The van der Waals surface area contributed by atoms with E-state index in [1.807, 2.05) is 11.8 Å². The van der Waals surface area contributed by atoms with Gasteiger partial charge >= 0.3 is 0 Å². The van der Waals surface area contributed by atoms with E-state index in [9.17, 15) is 4.21 Å². The highest BCUT2D eigenvalue weighted by molar-refractivity contribution is 8.14. The van der Waals surface area contributed by atoms with E-state index in [1.54, 1.807) is 0 Å². The van der Waals surface area contributed by atoms with Crippen molar-refractivity contribution in [3.05, 3.63) is 0 Å². The van der Waals surface area contributed by atoms with Crippen molar-refractivity contribution in [1.82, 2.24) is 5.32 Å². The second-order valence-corrected chi connectivity index (χ2v) is 9.07. The van der Waals surface area contributed by atoms with Gasteiger partial charge in [-0.1, -0.05) is 31.5 Å². The second-order valence-electron chi connectivity index (χ2n) is 6.41. The zero-order chi connectivity index (χ0) is 13.3. The Morgan fingerprint density at radius 2 is 2.16 bits per heavy atom. The van der Waals surface area contributed by atoms with Crippen LogP contribution in [0.5, 0.6) is 0 Å². The smallest absolute Gasteiger partial charge is 0.157 e. The molecular weight excluding hydrogens is 276 g/mol. The molecule has 1 N–H and O–H groups in total. The lowest BCUT2D eigenvalue weighted by molar-refractivity contribution is 0.242. The normalized spacial score (nSPS) is 45.5. The zero-order valence-corrected chi connectivity index (χ0v) is 13.3. The summed E-state index contributed by atoms with van der Waals surface area (Å²) in [5, 5.41) is 4.89. The quantitative estimate of drug-likeness (QED) is 0.809. The van der Waals surface area contributed by atoms with Gasteiger partial charge in [-0.25, -0.2) is 0 Å². The van der Waals surface area contributed by atoms with Crippen molar-refractivity contribution < 1.29 is 4.21 Å². The summed E-state index contributed by atoms with van der Waals surface area (Å²) in [4.78, 5) is 4.88. The Hall–Kier alpha value is -0.0300. The van der Waals surface area contributed by atoms with Crippen LogP contribution in [0.25, 0.3) is 0 Å². The van der Waals surface area contributed by atoms with Crippen LogP contribution in [0.15, 0.2) is 4.99 Å². The van der Waals surface area contributed by atoms with Gasteiger partial charge in [0.05, 0.1) is 6.04 Å². The molecule has 1 saturated carbocycles. The number of rotatable bonds is 1. The van der Waals surface area contributed by atoms with Gasteiger partial charge in [0.1, 0.15) is 0 Å². The van der Waals surface area contributed by atoms with Gasteiger partial charge in [0, 0.05) is 33.6 Å². The van der Waals surface area contributed by atoms with Gasteiger partial charge in [-0.15, -0.1) is 0 Å². The van der Waals surface area contributed by atoms with Crippen LogP contribution < -0.4 is 5.32 Å². The largest absolute Gasteiger partial charge is 0.359 e. The highest BCUT2D eigenvalue weighted by Gasteiger charge is 2.40. The SMILES string of the molecule is CC1CCCC2(CSC(=NC3CCS(=O)CC3)N2)C1. The Labute approximate surface area is 122 Å². The molecule has 19 heavy (non-hydrogen) atoms. The Morgan fingerprint density at radius 3 is 2.89 bits per heavy atom. The van der Waals surface area contributed by atoms with Gasteiger partial charge < -0.3 is 5.32 Å². The van der Waals surface area contributed by atoms with Crippen LogP contribution in [0.4, 0.5) is 0 Å². The Balaban J connectivity index is 1.60. The number of nitrogens with zero attached hydrogens (tertiary/aromatic N) is 1. The maximum absolute atomic E-state index is 11.4. The van der Waals surface area contributed by atoms with E-state index < -0.39 is 10.8 Å². The molecule has 3 rings (SSSR count). The molecule has 3 fully saturated rings. The first-order valence-corrected chi connectivity index (χ1v) is 9.96. The first-order valence-electron chi connectivity index (χ1n) is 7.49. The summed E-state index contributed by atoms with van der Waals surface area (Å²) in [6.45, 7) is 2.37. The van der Waals surface area contributed by atoms with Crippen molar-refractivity contribution in [3.63, 3.8) is 0 Å². The number of thioether (sulfide) groups is 1. The zero-order valence-electron chi connectivity index (χ0n) is 11.7. The monoisotopic (exact) mass is 300 g/mol. The molecule has 0 aromatic heterocycles. The summed E-state index contributed by atoms with van der Waals surface area (Å²) in [6, 6.07) is 0.406. The number of amidine groups is 1. The fraction of sp³-hybridized carbons (Fsp3) is 0.929. The van der Waals surface area contributed by atoms with Gasteiger partial charge in [-0.2, -0.15) is 0 Å². The summed E-state index contributed by atoms with van der Waals surface area (Å²) in [7, 11) is -0.576. The summed E-state index contributed by atoms with van der Waals surface area (Å²) < 4.78 is 11.4. The minimum absolute atomic E-state index is 0.332.